The lowest BCUT2D eigenvalue weighted by molar-refractivity contribution is 0.0991. The monoisotopic (exact) mass is 266 g/mol. The summed E-state index contributed by atoms with van der Waals surface area (Å²) in [7, 11) is -3.94. The third-order valence-electron chi connectivity index (χ3n) is 2.12. The number of anilines is 1. The van der Waals surface area contributed by atoms with Crippen molar-refractivity contribution >= 4 is 21.6 Å². The summed E-state index contributed by atoms with van der Waals surface area (Å²) >= 11 is 0. The summed E-state index contributed by atoms with van der Waals surface area (Å²) in [6.45, 7) is 0. The molecule has 7 heteroatoms. The molecule has 0 saturated heterocycles. The minimum absolute atomic E-state index is 0.122. The molecule has 94 valence electrons. The Hall–Kier alpha value is -2.12. The first kappa shape index (κ1) is 12.3. The van der Waals surface area contributed by atoms with E-state index in [1.165, 1.54) is 6.07 Å². The maximum absolute atomic E-state index is 11.7. The molecule has 0 saturated carbocycles. The van der Waals surface area contributed by atoms with Crippen LogP contribution < -0.4 is 10.5 Å². The topological polar surface area (TPSA) is 102 Å². The van der Waals surface area contributed by atoms with Crippen LogP contribution in [0.1, 0.15) is 10.6 Å². The number of carbonyl (C=O) groups excluding carboxylic acids is 1. The lowest BCUT2D eigenvalue weighted by atomic mass is 10.3. The number of primary sulfonamides is 1. The molecule has 0 aliphatic rings. The van der Waals surface area contributed by atoms with E-state index >= 15 is 0 Å². The average Bonchev–Trinajstić information content (AvgIpc) is 2.79. The van der Waals surface area contributed by atoms with Crippen molar-refractivity contribution < 1.29 is 17.6 Å². The number of hydrogen-bond acceptors (Lipinski definition) is 4. The molecule has 18 heavy (non-hydrogen) atoms. The van der Waals surface area contributed by atoms with E-state index < -0.39 is 21.0 Å². The maximum Gasteiger partial charge on any atom is 0.291 e. The van der Waals surface area contributed by atoms with Gasteiger partial charge in [-0.3, -0.25) is 4.79 Å². The van der Waals surface area contributed by atoms with Crippen molar-refractivity contribution in [3.63, 3.8) is 0 Å². The van der Waals surface area contributed by atoms with Gasteiger partial charge in [-0.25, -0.2) is 13.6 Å². The normalized spacial score (nSPS) is 11.2. The van der Waals surface area contributed by atoms with E-state index in [2.05, 4.69) is 5.32 Å². The molecule has 2 rings (SSSR count). The molecule has 0 atom stereocenters. The van der Waals surface area contributed by atoms with Gasteiger partial charge in [-0.2, -0.15) is 0 Å². The van der Waals surface area contributed by atoms with Gasteiger partial charge in [0.15, 0.2) is 5.76 Å². The standard InChI is InChI=1S/C11H10N2O4S/c12-18(15,16)10-7-6-9(17-10)11(14)13-8-4-2-1-3-5-8/h1-7H,(H,13,14)(H2,12,15,16). The van der Waals surface area contributed by atoms with E-state index in [0.29, 0.717) is 5.69 Å². The SMILES string of the molecule is NS(=O)(=O)c1ccc(C(=O)Nc2ccccc2)o1. The van der Waals surface area contributed by atoms with Crippen LogP contribution in [0, 0.1) is 0 Å². The molecular weight excluding hydrogens is 256 g/mol. The number of rotatable bonds is 3. The quantitative estimate of drug-likeness (QED) is 0.870. The smallest absolute Gasteiger partial charge is 0.291 e. The highest BCUT2D eigenvalue weighted by molar-refractivity contribution is 7.89. The van der Waals surface area contributed by atoms with Gasteiger partial charge in [-0.15, -0.1) is 0 Å². The molecule has 0 aliphatic carbocycles. The number of hydrogen-bond donors (Lipinski definition) is 2. The Bertz CT molecular complexity index is 661. The Morgan fingerprint density at radius 2 is 1.78 bits per heavy atom. The summed E-state index contributed by atoms with van der Waals surface area (Å²) in [6, 6.07) is 11.1. The minimum atomic E-state index is -3.94. The first-order valence-electron chi connectivity index (χ1n) is 4.96. The highest BCUT2D eigenvalue weighted by Crippen LogP contribution is 2.14. The molecule has 1 aromatic heterocycles. The zero-order valence-corrected chi connectivity index (χ0v) is 9.98. The zero-order valence-electron chi connectivity index (χ0n) is 9.16. The van der Waals surface area contributed by atoms with Crippen LogP contribution in [0.15, 0.2) is 52.0 Å². The molecule has 0 aliphatic heterocycles. The molecule has 0 spiro atoms. The van der Waals surface area contributed by atoms with E-state index in [9.17, 15) is 13.2 Å². The number of amides is 1. The summed E-state index contributed by atoms with van der Waals surface area (Å²) in [5.74, 6) is -0.668. The van der Waals surface area contributed by atoms with Gasteiger partial charge >= 0.3 is 0 Å². The van der Waals surface area contributed by atoms with Gasteiger partial charge in [-0.1, -0.05) is 18.2 Å². The number of carbonyl (C=O) groups is 1. The molecule has 1 heterocycles. The Kier molecular flexibility index (Phi) is 3.17. The molecule has 6 nitrogen and oxygen atoms in total. The van der Waals surface area contributed by atoms with Gasteiger partial charge < -0.3 is 9.73 Å². The summed E-state index contributed by atoms with van der Waals surface area (Å²) in [4.78, 5) is 11.7. The van der Waals surface area contributed by atoms with Gasteiger partial charge in [0, 0.05) is 5.69 Å². The molecular formula is C11H10N2O4S. The summed E-state index contributed by atoms with van der Waals surface area (Å²) < 4.78 is 26.8. The highest BCUT2D eigenvalue weighted by Gasteiger charge is 2.17. The first-order chi connectivity index (χ1) is 8.47. The largest absolute Gasteiger partial charge is 0.438 e. The first-order valence-corrected chi connectivity index (χ1v) is 6.50. The fourth-order valence-corrected chi connectivity index (χ4v) is 1.77. The second kappa shape index (κ2) is 4.63. The molecule has 2 aromatic rings. The lowest BCUT2D eigenvalue weighted by Crippen LogP contribution is -2.12. The van der Waals surface area contributed by atoms with Crippen molar-refractivity contribution in [3.05, 3.63) is 48.2 Å². The van der Waals surface area contributed by atoms with E-state index in [4.69, 9.17) is 9.56 Å². The predicted molar refractivity (Wildman–Crippen MR) is 64.5 cm³/mol. The van der Waals surface area contributed by atoms with Gasteiger partial charge in [0.25, 0.3) is 15.9 Å². The highest BCUT2D eigenvalue weighted by atomic mass is 32.2. The molecule has 1 amide bonds. The summed E-state index contributed by atoms with van der Waals surface area (Å²) in [6.07, 6.45) is 0. The van der Waals surface area contributed by atoms with Crippen molar-refractivity contribution in [1.29, 1.82) is 0 Å². The lowest BCUT2D eigenvalue weighted by Gasteiger charge is -2.01. The van der Waals surface area contributed by atoms with Crippen molar-refractivity contribution in [3.8, 4) is 0 Å². The van der Waals surface area contributed by atoms with Crippen molar-refractivity contribution in [2.45, 2.75) is 5.09 Å². The number of furan rings is 1. The molecule has 3 N–H and O–H groups in total. The van der Waals surface area contributed by atoms with Gasteiger partial charge in [-0.05, 0) is 24.3 Å². The van der Waals surface area contributed by atoms with Gasteiger partial charge in [0.1, 0.15) is 0 Å². The number of sulfonamides is 1. The van der Waals surface area contributed by atoms with Crippen LogP contribution in [0.2, 0.25) is 0 Å². The Labute approximate surface area is 103 Å². The van der Waals surface area contributed by atoms with Crippen LogP contribution in [0.25, 0.3) is 0 Å². The number of nitrogens with one attached hydrogen (secondary N) is 1. The van der Waals surface area contributed by atoms with Gasteiger partial charge in [0.2, 0.25) is 5.09 Å². The molecule has 0 bridgehead atoms. The van der Waals surface area contributed by atoms with Crippen LogP contribution in [0.3, 0.4) is 0 Å². The second-order valence-corrected chi connectivity index (χ2v) is 4.98. The Balaban J connectivity index is 2.18. The predicted octanol–water partition coefficient (Wildman–Crippen LogP) is 1.18. The fourth-order valence-electron chi connectivity index (χ4n) is 1.31. The maximum atomic E-state index is 11.7. The Morgan fingerprint density at radius 3 is 2.33 bits per heavy atom. The number of nitrogens with two attached hydrogens (primary N) is 1. The number of para-hydroxylation sites is 1. The van der Waals surface area contributed by atoms with Gasteiger partial charge in [0.05, 0.1) is 0 Å². The summed E-state index contributed by atoms with van der Waals surface area (Å²) in [5.41, 5.74) is 0.580. The third-order valence-corrected chi connectivity index (χ3v) is 2.90. The zero-order chi connectivity index (χ0) is 13.2. The Morgan fingerprint density at radius 1 is 1.11 bits per heavy atom. The second-order valence-electron chi connectivity index (χ2n) is 3.48. The molecule has 0 radical (unpaired) electrons. The van der Waals surface area contributed by atoms with Crippen LogP contribution in [0.4, 0.5) is 5.69 Å². The number of benzene rings is 1. The van der Waals surface area contributed by atoms with Crippen molar-refractivity contribution in [2.24, 2.45) is 5.14 Å². The van der Waals surface area contributed by atoms with E-state index in [1.807, 2.05) is 6.07 Å². The van der Waals surface area contributed by atoms with E-state index in [-0.39, 0.29) is 5.76 Å². The molecule has 1 aromatic carbocycles. The van der Waals surface area contributed by atoms with E-state index in [1.54, 1.807) is 24.3 Å². The average molecular weight is 266 g/mol. The molecule has 0 fully saturated rings. The molecule has 0 unspecified atom stereocenters. The minimum Gasteiger partial charge on any atom is -0.438 e. The summed E-state index contributed by atoms with van der Waals surface area (Å²) in [5, 5.41) is 6.98. The van der Waals surface area contributed by atoms with Crippen molar-refractivity contribution in [2.75, 3.05) is 5.32 Å². The van der Waals surface area contributed by atoms with E-state index in [0.717, 1.165) is 6.07 Å². The van der Waals surface area contributed by atoms with Crippen LogP contribution in [-0.4, -0.2) is 14.3 Å². The fraction of sp³-hybridized carbons (Fsp3) is 0. The third kappa shape index (κ3) is 2.76. The van der Waals surface area contributed by atoms with Crippen LogP contribution in [-0.2, 0) is 10.0 Å². The van der Waals surface area contributed by atoms with Crippen molar-refractivity contribution in [1.82, 2.24) is 0 Å². The van der Waals surface area contributed by atoms with Crippen LogP contribution >= 0.6 is 0 Å². The van der Waals surface area contributed by atoms with Crippen LogP contribution in [0.5, 0.6) is 0 Å².